The van der Waals surface area contributed by atoms with Gasteiger partial charge in [-0.3, -0.25) is 0 Å². The Labute approximate surface area is 158 Å². The zero-order valence-corrected chi connectivity index (χ0v) is 14.7. The Bertz CT molecular complexity index is 1050. The van der Waals surface area contributed by atoms with Crippen LogP contribution in [0.15, 0.2) is 109 Å². The molecule has 0 saturated heterocycles. The Kier molecular flexibility index (Phi) is 3.59. The van der Waals surface area contributed by atoms with E-state index in [1.807, 2.05) is 97.1 Å². The Morgan fingerprint density at radius 1 is 0.519 bits per heavy atom. The fraction of sp³-hybridized carbons (Fsp3) is 0.0400. The van der Waals surface area contributed by atoms with Crippen LogP contribution in [0.5, 0.6) is 0 Å². The summed E-state index contributed by atoms with van der Waals surface area (Å²) in [6, 6.07) is 36.2. The lowest BCUT2D eigenvalue weighted by Crippen LogP contribution is -2.48. The van der Waals surface area contributed by atoms with Gasteiger partial charge >= 0.3 is 0 Å². The molecule has 0 amide bonds. The third-order valence-corrected chi connectivity index (χ3v) is 5.42. The largest absolute Gasteiger partial charge is 0.200 e. The summed E-state index contributed by atoms with van der Waals surface area (Å²) in [6.45, 7) is 0. The van der Waals surface area contributed by atoms with Crippen molar-refractivity contribution in [2.24, 2.45) is 0 Å². The molecule has 1 aliphatic rings. The minimum absolute atomic E-state index is 0.698. The summed E-state index contributed by atoms with van der Waals surface area (Å²) in [4.78, 5) is 0. The van der Waals surface area contributed by atoms with Crippen molar-refractivity contribution in [1.29, 1.82) is 0 Å². The van der Waals surface area contributed by atoms with Gasteiger partial charge in [-0.1, -0.05) is 108 Å². The monoisotopic (exact) mass is 348 g/mol. The highest BCUT2D eigenvalue weighted by Crippen LogP contribution is 2.53. The van der Waals surface area contributed by atoms with E-state index in [2.05, 4.69) is 12.1 Å². The van der Waals surface area contributed by atoms with Gasteiger partial charge < -0.3 is 0 Å². The summed E-state index contributed by atoms with van der Waals surface area (Å²) in [5.74, 6) is 0. The van der Waals surface area contributed by atoms with Crippen LogP contribution >= 0.6 is 0 Å². The van der Waals surface area contributed by atoms with E-state index >= 15 is 0 Å². The number of nitrogens with zero attached hydrogens (tertiary/aromatic N) is 1. The molecule has 0 bridgehead atoms. The number of rotatable bonds is 2. The summed E-state index contributed by atoms with van der Waals surface area (Å²) in [6.07, 6.45) is 0. The molecule has 0 aliphatic carbocycles. The third kappa shape index (κ3) is 2.17. The molecule has 1 radical (unpaired) electrons. The van der Waals surface area contributed by atoms with Crippen LogP contribution in [0.3, 0.4) is 0 Å². The molecule has 0 spiro atoms. The van der Waals surface area contributed by atoms with Crippen LogP contribution in [-0.4, -0.2) is 0 Å². The quantitative estimate of drug-likeness (QED) is 0.448. The van der Waals surface area contributed by atoms with Crippen molar-refractivity contribution in [2.45, 2.75) is 5.54 Å². The molecule has 0 atom stereocenters. The van der Waals surface area contributed by atoms with Gasteiger partial charge in [0.1, 0.15) is 5.54 Å². The fourth-order valence-corrected chi connectivity index (χ4v) is 4.27. The normalized spacial score (nSPS) is 14.3. The standard InChI is InChI=1S/C25H18NO/c27-26-24-18-10-8-16-22(24)21-15-7-9-17-23(21)25(26,19-11-3-1-4-12-19)20-13-5-2-6-14-20/h1-18H. The highest BCUT2D eigenvalue weighted by molar-refractivity contribution is 5.87. The summed E-state index contributed by atoms with van der Waals surface area (Å²) < 4.78 is 0. The lowest BCUT2D eigenvalue weighted by atomic mass is 9.71. The minimum atomic E-state index is -0.923. The average Bonchev–Trinajstić information content (AvgIpc) is 2.76. The summed E-state index contributed by atoms with van der Waals surface area (Å²) in [7, 11) is 0. The Morgan fingerprint density at radius 3 is 1.63 bits per heavy atom. The topological polar surface area (TPSA) is 23.1 Å². The van der Waals surface area contributed by atoms with Crippen LogP contribution in [0.4, 0.5) is 5.69 Å². The minimum Gasteiger partial charge on any atom is -0.200 e. The molecule has 2 heteroatoms. The number of hydrogen-bond donors (Lipinski definition) is 0. The lowest BCUT2D eigenvalue weighted by Gasteiger charge is -2.45. The van der Waals surface area contributed by atoms with Crippen LogP contribution in [0.2, 0.25) is 0 Å². The van der Waals surface area contributed by atoms with Gasteiger partial charge in [-0.25, -0.2) is 5.06 Å². The first-order chi connectivity index (χ1) is 13.3. The molecule has 2 nitrogen and oxygen atoms in total. The van der Waals surface area contributed by atoms with E-state index < -0.39 is 5.54 Å². The third-order valence-electron chi connectivity index (χ3n) is 5.42. The van der Waals surface area contributed by atoms with Gasteiger partial charge in [0.15, 0.2) is 0 Å². The zero-order chi connectivity index (χ0) is 18.3. The zero-order valence-electron chi connectivity index (χ0n) is 14.7. The number of benzene rings is 4. The van der Waals surface area contributed by atoms with Crippen LogP contribution < -0.4 is 5.06 Å². The number of fused-ring (bicyclic) bond motifs is 3. The molecular weight excluding hydrogens is 330 g/mol. The van der Waals surface area contributed by atoms with E-state index in [0.717, 1.165) is 27.8 Å². The van der Waals surface area contributed by atoms with Gasteiger partial charge in [0.25, 0.3) is 0 Å². The smallest absolute Gasteiger partial charge is 0.146 e. The second kappa shape index (κ2) is 6.11. The second-order valence-corrected chi connectivity index (χ2v) is 6.80. The lowest BCUT2D eigenvalue weighted by molar-refractivity contribution is 0.110. The van der Waals surface area contributed by atoms with Crippen LogP contribution in [0.1, 0.15) is 16.7 Å². The first-order valence-corrected chi connectivity index (χ1v) is 9.11. The van der Waals surface area contributed by atoms with E-state index in [9.17, 15) is 5.21 Å². The Morgan fingerprint density at radius 2 is 1.00 bits per heavy atom. The van der Waals surface area contributed by atoms with Gasteiger partial charge in [-0.15, -0.1) is 0 Å². The van der Waals surface area contributed by atoms with E-state index in [0.29, 0.717) is 5.69 Å². The molecule has 4 aromatic carbocycles. The number of hydroxylamine groups is 1. The molecule has 27 heavy (non-hydrogen) atoms. The molecular formula is C25H18NO. The predicted molar refractivity (Wildman–Crippen MR) is 108 cm³/mol. The number of anilines is 1. The summed E-state index contributed by atoms with van der Waals surface area (Å²) in [5, 5.41) is 15.2. The first-order valence-electron chi connectivity index (χ1n) is 9.11. The molecule has 0 unspecified atom stereocenters. The second-order valence-electron chi connectivity index (χ2n) is 6.80. The Hall–Kier alpha value is -3.36. The molecule has 0 N–H and O–H groups in total. The molecule has 5 rings (SSSR count). The van der Waals surface area contributed by atoms with Crippen molar-refractivity contribution in [2.75, 3.05) is 5.06 Å². The first kappa shape index (κ1) is 15.9. The molecule has 4 aromatic rings. The Balaban J connectivity index is 1.95. The highest BCUT2D eigenvalue weighted by atomic mass is 16.5. The maximum absolute atomic E-state index is 14.0. The van der Waals surface area contributed by atoms with Gasteiger partial charge in [-0.05, 0) is 28.3 Å². The van der Waals surface area contributed by atoms with Gasteiger partial charge in [0.2, 0.25) is 0 Å². The van der Waals surface area contributed by atoms with Crippen molar-refractivity contribution in [3.63, 3.8) is 0 Å². The fourth-order valence-electron chi connectivity index (χ4n) is 4.27. The molecule has 0 saturated carbocycles. The van der Waals surface area contributed by atoms with Crippen molar-refractivity contribution in [3.8, 4) is 11.1 Å². The van der Waals surface area contributed by atoms with Crippen LogP contribution in [-0.2, 0) is 10.7 Å². The average molecular weight is 348 g/mol. The summed E-state index contributed by atoms with van der Waals surface area (Å²) >= 11 is 0. The van der Waals surface area contributed by atoms with E-state index in [1.165, 1.54) is 5.06 Å². The molecule has 0 fully saturated rings. The molecule has 1 aliphatic heterocycles. The molecule has 0 aromatic heterocycles. The van der Waals surface area contributed by atoms with Gasteiger partial charge in [-0.2, -0.15) is 0 Å². The predicted octanol–water partition coefficient (Wildman–Crippen LogP) is 5.81. The van der Waals surface area contributed by atoms with Crippen molar-refractivity contribution in [3.05, 3.63) is 126 Å². The van der Waals surface area contributed by atoms with Crippen LogP contribution in [0, 0.1) is 0 Å². The van der Waals surface area contributed by atoms with Gasteiger partial charge in [0.05, 0.1) is 5.69 Å². The van der Waals surface area contributed by atoms with Gasteiger partial charge in [0, 0.05) is 5.56 Å². The van der Waals surface area contributed by atoms with E-state index in [4.69, 9.17) is 0 Å². The van der Waals surface area contributed by atoms with E-state index in [1.54, 1.807) is 0 Å². The molecule has 1 heterocycles. The van der Waals surface area contributed by atoms with Crippen LogP contribution in [0.25, 0.3) is 11.1 Å². The summed E-state index contributed by atoms with van der Waals surface area (Å²) in [5.41, 5.74) is 4.80. The highest BCUT2D eigenvalue weighted by Gasteiger charge is 2.48. The maximum atomic E-state index is 14.0. The van der Waals surface area contributed by atoms with Crippen molar-refractivity contribution >= 4 is 5.69 Å². The van der Waals surface area contributed by atoms with Crippen molar-refractivity contribution in [1.82, 2.24) is 0 Å². The SMILES string of the molecule is [O]N1c2ccccc2-c2ccccc2C1(c1ccccc1)c1ccccc1. The maximum Gasteiger partial charge on any atom is 0.146 e. The van der Waals surface area contributed by atoms with Crippen molar-refractivity contribution < 1.29 is 5.21 Å². The number of para-hydroxylation sites is 1. The molecule has 129 valence electrons. The van der Waals surface area contributed by atoms with E-state index in [-0.39, 0.29) is 0 Å². The number of hydrogen-bond acceptors (Lipinski definition) is 1.